The molecular weight excluding hydrogens is 242 g/mol. The molecule has 0 rings (SSSR count). The number of hydrogen-bond donors (Lipinski definition) is 1. The van der Waals surface area contributed by atoms with Crippen molar-refractivity contribution in [2.45, 2.75) is 31.8 Å². The molecule has 0 radical (unpaired) electrons. The lowest BCUT2D eigenvalue weighted by Crippen LogP contribution is -2.50. The fourth-order valence-corrected chi connectivity index (χ4v) is 2.34. The van der Waals surface area contributed by atoms with Gasteiger partial charge in [-0.3, -0.25) is 0 Å². The number of nitrogens with two attached hydrogens (primary N) is 1. The van der Waals surface area contributed by atoms with Gasteiger partial charge in [0, 0.05) is 27.9 Å². The fraction of sp³-hybridized carbons (Fsp3) is 1.00. The first kappa shape index (κ1) is 17.0. The van der Waals surface area contributed by atoms with Gasteiger partial charge in [-0.1, -0.05) is 0 Å². The highest BCUT2D eigenvalue weighted by Gasteiger charge is 2.41. The summed E-state index contributed by atoms with van der Waals surface area (Å²) in [5.41, 5.74) is 5.49. The molecule has 104 valence electrons. The molecule has 17 heavy (non-hydrogen) atoms. The van der Waals surface area contributed by atoms with Gasteiger partial charge in [0.1, 0.15) is 6.10 Å². The van der Waals surface area contributed by atoms with Crippen LogP contribution in [0.2, 0.25) is 0 Å². The van der Waals surface area contributed by atoms with Crippen LogP contribution in [0.5, 0.6) is 0 Å². The third kappa shape index (κ3) is 5.43. The number of ether oxygens (including phenoxy) is 3. The Morgan fingerprint density at radius 2 is 1.88 bits per heavy atom. The maximum atomic E-state index is 5.62. The van der Waals surface area contributed by atoms with Gasteiger partial charge in [0.25, 0.3) is 0 Å². The van der Waals surface area contributed by atoms with Crippen LogP contribution in [0.1, 0.15) is 19.8 Å². The van der Waals surface area contributed by atoms with Crippen molar-refractivity contribution in [2.24, 2.45) is 5.73 Å². The van der Waals surface area contributed by atoms with E-state index in [-0.39, 0.29) is 6.10 Å². The molecule has 0 heterocycles. The molecule has 0 aromatic carbocycles. The third-order valence-corrected chi connectivity index (χ3v) is 3.56. The van der Waals surface area contributed by atoms with Crippen LogP contribution in [0.3, 0.4) is 0 Å². The molecule has 0 aliphatic carbocycles. The van der Waals surface area contributed by atoms with Crippen molar-refractivity contribution >= 4 is 10.0 Å². The first-order valence-corrected chi connectivity index (χ1v) is 6.91. The van der Waals surface area contributed by atoms with Crippen molar-refractivity contribution < 1.29 is 23.1 Å². The molecule has 0 saturated carbocycles. The number of rotatable bonds is 11. The Labute approximate surface area is 106 Å². The van der Waals surface area contributed by atoms with Crippen LogP contribution in [-0.4, -0.2) is 56.6 Å². The summed E-state index contributed by atoms with van der Waals surface area (Å²) in [7, 11) is 3.50. The minimum Gasteiger partial charge on any atom is -0.399 e. The van der Waals surface area contributed by atoms with Gasteiger partial charge in [-0.2, -0.15) is 0 Å². The van der Waals surface area contributed by atoms with Gasteiger partial charge >= 0.3 is 16.0 Å². The lowest BCUT2D eigenvalue weighted by molar-refractivity contribution is -0.370. The summed E-state index contributed by atoms with van der Waals surface area (Å²) in [5.74, 6) is -1.19. The first-order valence-electron chi connectivity index (χ1n) is 5.75. The highest BCUT2D eigenvalue weighted by molar-refractivity contribution is 6.18. The normalized spacial score (nSPS) is 14.6. The molecule has 0 bridgehead atoms. The van der Waals surface area contributed by atoms with Crippen LogP contribution in [0.15, 0.2) is 0 Å². The summed E-state index contributed by atoms with van der Waals surface area (Å²) in [6.45, 7) is 3.13. The maximum Gasteiger partial charge on any atom is 0.309 e. The molecule has 7 heteroatoms. The molecule has 0 fully saturated rings. The fourth-order valence-electron chi connectivity index (χ4n) is 1.51. The van der Waals surface area contributed by atoms with E-state index in [1.54, 1.807) is 7.11 Å². The summed E-state index contributed by atoms with van der Waals surface area (Å²) in [6.07, 6.45) is 1.19. The predicted octanol–water partition coefficient (Wildman–Crippen LogP) is -0.261. The molecule has 0 amide bonds. The van der Waals surface area contributed by atoms with Crippen LogP contribution < -0.4 is 5.73 Å². The van der Waals surface area contributed by atoms with Gasteiger partial charge in [-0.15, -0.1) is 0 Å². The molecule has 0 aliphatic heterocycles. The smallest absolute Gasteiger partial charge is 0.309 e. The van der Waals surface area contributed by atoms with E-state index >= 15 is 0 Å². The molecule has 0 saturated heterocycles. The Morgan fingerprint density at radius 1 is 1.24 bits per heavy atom. The molecule has 0 aromatic rings. The summed E-state index contributed by atoms with van der Waals surface area (Å²) < 4.78 is 26.9. The second-order valence-corrected chi connectivity index (χ2v) is 4.35. The average Bonchev–Trinajstić information content (AvgIpc) is 2.37. The Kier molecular flexibility index (Phi) is 9.94. The minimum absolute atomic E-state index is 0.325. The second-order valence-electron chi connectivity index (χ2n) is 3.42. The zero-order valence-corrected chi connectivity index (χ0v) is 12.6. The van der Waals surface area contributed by atoms with Crippen molar-refractivity contribution in [1.29, 1.82) is 0 Å². The van der Waals surface area contributed by atoms with Crippen LogP contribution >= 0.6 is 0 Å². The highest BCUT2D eigenvalue weighted by atomic mass is 28.3. The van der Waals surface area contributed by atoms with Crippen molar-refractivity contribution in [3.63, 3.8) is 0 Å². The lowest BCUT2D eigenvalue weighted by Gasteiger charge is -2.36. The molecule has 0 aliphatic rings. The number of methoxy groups -OCH3 is 3. The van der Waals surface area contributed by atoms with Gasteiger partial charge < -0.3 is 28.8 Å². The van der Waals surface area contributed by atoms with E-state index in [1.807, 2.05) is 6.92 Å². The van der Waals surface area contributed by atoms with Gasteiger partial charge in [0.15, 0.2) is 0 Å². The van der Waals surface area contributed by atoms with Gasteiger partial charge in [-0.05, 0) is 26.3 Å². The SMILES string of the molecule is CCO[SiH2]OC(OC)(OC)C(CCCN)OC. The van der Waals surface area contributed by atoms with E-state index in [4.69, 9.17) is 28.8 Å². The van der Waals surface area contributed by atoms with Crippen LogP contribution in [0.25, 0.3) is 0 Å². The molecule has 1 unspecified atom stereocenters. The molecule has 6 nitrogen and oxygen atoms in total. The molecular formula is C10H25NO5Si. The van der Waals surface area contributed by atoms with Crippen molar-refractivity contribution in [3.05, 3.63) is 0 Å². The molecule has 2 N–H and O–H groups in total. The topological polar surface area (TPSA) is 72.2 Å². The standard InChI is InChI=1S/C10H25NO5Si/c1-5-15-17-16-10(13-3,14-4)9(12-2)7-6-8-11/h9H,5-8,11,17H2,1-4H3. The average molecular weight is 267 g/mol. The second kappa shape index (κ2) is 9.95. The molecule has 1 atom stereocenters. The van der Waals surface area contributed by atoms with E-state index in [2.05, 4.69) is 0 Å². The van der Waals surface area contributed by atoms with E-state index in [1.165, 1.54) is 14.2 Å². The van der Waals surface area contributed by atoms with E-state index < -0.39 is 16.0 Å². The summed E-state index contributed by atoms with van der Waals surface area (Å²) in [4.78, 5) is 0. The van der Waals surface area contributed by atoms with E-state index in [9.17, 15) is 0 Å². The van der Waals surface area contributed by atoms with Crippen LogP contribution in [-0.2, 0) is 23.1 Å². The van der Waals surface area contributed by atoms with Crippen molar-refractivity contribution in [1.82, 2.24) is 0 Å². The Balaban J connectivity index is 4.49. The Hall–Kier alpha value is -0.0231. The van der Waals surface area contributed by atoms with Crippen molar-refractivity contribution in [3.8, 4) is 0 Å². The van der Waals surface area contributed by atoms with Gasteiger partial charge in [0.2, 0.25) is 0 Å². The number of hydrogen-bond acceptors (Lipinski definition) is 6. The van der Waals surface area contributed by atoms with E-state index in [0.717, 1.165) is 6.42 Å². The maximum absolute atomic E-state index is 5.62. The monoisotopic (exact) mass is 267 g/mol. The van der Waals surface area contributed by atoms with Crippen molar-refractivity contribution in [2.75, 3.05) is 34.5 Å². The Morgan fingerprint density at radius 3 is 2.29 bits per heavy atom. The van der Waals surface area contributed by atoms with Gasteiger partial charge in [-0.25, -0.2) is 0 Å². The highest BCUT2D eigenvalue weighted by Crippen LogP contribution is 2.24. The zero-order chi connectivity index (χ0) is 13.1. The first-order chi connectivity index (χ1) is 8.20. The lowest BCUT2D eigenvalue weighted by atomic mass is 10.1. The van der Waals surface area contributed by atoms with Crippen LogP contribution in [0, 0.1) is 0 Å². The third-order valence-electron chi connectivity index (χ3n) is 2.47. The quantitative estimate of drug-likeness (QED) is 0.316. The zero-order valence-electron chi connectivity index (χ0n) is 11.2. The van der Waals surface area contributed by atoms with Gasteiger partial charge in [0.05, 0.1) is 0 Å². The molecule has 0 spiro atoms. The van der Waals surface area contributed by atoms with Crippen LogP contribution in [0.4, 0.5) is 0 Å². The summed E-state index contributed by atoms with van der Waals surface area (Å²) in [5, 5.41) is 0. The summed E-state index contributed by atoms with van der Waals surface area (Å²) in [6, 6.07) is 0. The van der Waals surface area contributed by atoms with E-state index in [0.29, 0.717) is 19.6 Å². The summed E-state index contributed by atoms with van der Waals surface area (Å²) >= 11 is 0. The molecule has 0 aromatic heterocycles. The largest absolute Gasteiger partial charge is 0.399 e. The Bertz CT molecular complexity index is 180. The minimum atomic E-state index is -1.19. The predicted molar refractivity (Wildman–Crippen MR) is 67.1 cm³/mol.